The van der Waals surface area contributed by atoms with Crippen molar-refractivity contribution in [3.63, 3.8) is 0 Å². The first-order valence-corrected chi connectivity index (χ1v) is 11.9. The van der Waals surface area contributed by atoms with Crippen LogP contribution in [0.4, 0.5) is 9.18 Å². The van der Waals surface area contributed by atoms with Gasteiger partial charge in [0.25, 0.3) is 0 Å². The molecule has 37 heavy (non-hydrogen) atoms. The van der Waals surface area contributed by atoms with Gasteiger partial charge in [-0.2, -0.15) is 15.5 Å². The second-order valence-corrected chi connectivity index (χ2v) is 8.98. The number of hydrogen-bond acceptors (Lipinski definition) is 5. The molecule has 4 aromatic rings. The molecule has 0 atom stereocenters. The molecule has 0 radical (unpaired) electrons. The number of fused-ring (bicyclic) bond motifs is 3. The number of nitrogens with one attached hydrogen (secondary N) is 1. The first-order chi connectivity index (χ1) is 17.5. The molecule has 2 aromatic carbocycles. The van der Waals surface area contributed by atoms with Gasteiger partial charge in [0.2, 0.25) is 0 Å². The van der Waals surface area contributed by atoms with Crippen LogP contribution in [0.25, 0.3) is 17.0 Å². The lowest BCUT2D eigenvalue weighted by Gasteiger charge is -2.27. The first kappa shape index (κ1) is 26.3. The summed E-state index contributed by atoms with van der Waals surface area (Å²) in [4.78, 5) is 15.6. The lowest BCUT2D eigenvalue weighted by molar-refractivity contribution is 0.240. The molecule has 1 N–H and O–H groups in total. The number of nitriles is 1. The molecule has 0 fully saturated rings. The number of aromatic nitrogens is 3. The lowest BCUT2D eigenvalue weighted by atomic mass is 10.0. The Kier molecular flexibility index (Phi) is 8.19. The van der Waals surface area contributed by atoms with Gasteiger partial charge in [0, 0.05) is 49.9 Å². The van der Waals surface area contributed by atoms with Crippen LogP contribution in [0.1, 0.15) is 27.9 Å². The largest absolute Gasteiger partial charge is 0.333 e. The van der Waals surface area contributed by atoms with Gasteiger partial charge in [-0.25, -0.2) is 9.18 Å². The van der Waals surface area contributed by atoms with E-state index in [4.69, 9.17) is 11.6 Å². The van der Waals surface area contributed by atoms with Gasteiger partial charge in [-0.15, -0.1) is 12.4 Å². The smallest absolute Gasteiger partial charge is 0.326 e. The van der Waals surface area contributed by atoms with Crippen LogP contribution in [0, 0.1) is 17.1 Å². The van der Waals surface area contributed by atoms with Crippen LogP contribution in [-0.4, -0.2) is 38.8 Å². The van der Waals surface area contributed by atoms with E-state index < -0.39 is 5.82 Å². The number of rotatable bonds is 5. The van der Waals surface area contributed by atoms with Crippen molar-refractivity contribution in [1.29, 1.82) is 5.26 Å². The van der Waals surface area contributed by atoms with Gasteiger partial charge in [-0.3, -0.25) is 9.47 Å². The average Bonchev–Trinajstić information content (AvgIpc) is 3.23. The summed E-state index contributed by atoms with van der Waals surface area (Å²) in [5.74, 6) is -0.440. The monoisotopic (exact) mass is 536 g/mol. The molecule has 5 rings (SSSR count). The molecule has 3 heterocycles. The third kappa shape index (κ3) is 5.65. The zero-order valence-electron chi connectivity index (χ0n) is 19.7. The topological polar surface area (TPSA) is 86.8 Å². The Labute approximate surface area is 224 Å². The van der Waals surface area contributed by atoms with Crippen LogP contribution in [0.15, 0.2) is 60.9 Å². The van der Waals surface area contributed by atoms with Crippen molar-refractivity contribution in [1.82, 2.24) is 25.0 Å². The zero-order chi connectivity index (χ0) is 25.1. The Bertz CT molecular complexity index is 1510. The molecule has 1 aliphatic rings. The summed E-state index contributed by atoms with van der Waals surface area (Å²) in [7, 11) is 0. The van der Waals surface area contributed by atoms with E-state index in [1.54, 1.807) is 47.3 Å². The predicted octanol–water partition coefficient (Wildman–Crippen LogP) is 5.35. The Hall–Kier alpha value is -3.77. The van der Waals surface area contributed by atoms with Gasteiger partial charge < -0.3 is 5.32 Å². The fraction of sp³-hybridized carbons (Fsp3) is 0.185. The molecule has 1 amide bonds. The van der Waals surface area contributed by atoms with E-state index >= 15 is 0 Å². The number of nitrogens with zero attached hydrogens (tertiary/aromatic N) is 5. The average molecular weight is 537 g/mol. The molecule has 0 unspecified atom stereocenters. The van der Waals surface area contributed by atoms with Gasteiger partial charge in [0.1, 0.15) is 5.82 Å². The molecule has 188 valence electrons. The van der Waals surface area contributed by atoms with E-state index in [9.17, 15) is 14.4 Å². The first-order valence-electron chi connectivity index (χ1n) is 11.5. The Morgan fingerprint density at radius 1 is 1.22 bits per heavy atom. The molecule has 0 bridgehead atoms. The Balaban J connectivity index is 0.00000320. The van der Waals surface area contributed by atoms with Gasteiger partial charge in [0.05, 0.1) is 28.4 Å². The number of carbonyl (C=O) groups is 1. The summed E-state index contributed by atoms with van der Waals surface area (Å²) in [6.07, 6.45) is 7.75. The molecule has 2 aromatic heterocycles. The summed E-state index contributed by atoms with van der Waals surface area (Å²) in [5.41, 5.74) is 4.84. The third-order valence-corrected chi connectivity index (χ3v) is 6.57. The van der Waals surface area contributed by atoms with Gasteiger partial charge in [-0.05, 0) is 47.0 Å². The van der Waals surface area contributed by atoms with Crippen LogP contribution in [-0.2, 0) is 19.5 Å². The standard InChI is InChI=1S/C27H22ClFN6O.ClH/c28-23-6-4-18(12-24(23)29)2-1-10-34-11-8-25-22(17-34)21-5-3-19(14-30)13-26(21)35(25)27(36)31-15-20-7-9-32-33-16-20;/h1-7,9,12-13,16H,8,10-11,15,17H2,(H,31,36);1H/b2-1+;. The van der Waals surface area contributed by atoms with Gasteiger partial charge in [0.15, 0.2) is 0 Å². The van der Waals surface area contributed by atoms with Gasteiger partial charge >= 0.3 is 6.03 Å². The van der Waals surface area contributed by atoms with Crippen LogP contribution in [0.2, 0.25) is 5.02 Å². The molecule has 0 saturated heterocycles. The summed E-state index contributed by atoms with van der Waals surface area (Å²) >= 11 is 5.77. The van der Waals surface area contributed by atoms with Crippen LogP contribution < -0.4 is 5.32 Å². The van der Waals surface area contributed by atoms with E-state index in [1.807, 2.05) is 18.2 Å². The van der Waals surface area contributed by atoms with Gasteiger partial charge in [-0.1, -0.05) is 35.9 Å². The third-order valence-electron chi connectivity index (χ3n) is 6.27. The minimum atomic E-state index is -0.440. The van der Waals surface area contributed by atoms with Crippen molar-refractivity contribution in [3.8, 4) is 6.07 Å². The van der Waals surface area contributed by atoms with Crippen LogP contribution in [0.5, 0.6) is 0 Å². The number of carbonyl (C=O) groups excluding carboxylic acids is 1. The number of amides is 1. The summed E-state index contributed by atoms with van der Waals surface area (Å²) in [6.45, 7) is 2.41. The second-order valence-electron chi connectivity index (χ2n) is 8.57. The van der Waals surface area contributed by atoms with Crippen molar-refractivity contribution in [2.45, 2.75) is 19.5 Å². The summed E-state index contributed by atoms with van der Waals surface area (Å²) < 4.78 is 15.4. The molecule has 0 spiro atoms. The molecular formula is C27H23Cl2FN6O. The summed E-state index contributed by atoms with van der Waals surface area (Å²) in [6, 6.07) is 13.9. The van der Waals surface area contributed by atoms with Crippen LogP contribution in [0.3, 0.4) is 0 Å². The van der Waals surface area contributed by atoms with E-state index in [-0.39, 0.29) is 23.5 Å². The molecule has 0 saturated carbocycles. The van der Waals surface area contributed by atoms with E-state index in [0.29, 0.717) is 31.6 Å². The van der Waals surface area contributed by atoms with Crippen molar-refractivity contribution >= 4 is 47.0 Å². The maximum absolute atomic E-state index is 13.7. The highest BCUT2D eigenvalue weighted by atomic mass is 35.5. The van der Waals surface area contributed by atoms with Crippen molar-refractivity contribution in [2.75, 3.05) is 13.1 Å². The normalized spacial score (nSPS) is 13.2. The highest BCUT2D eigenvalue weighted by molar-refractivity contribution is 6.30. The fourth-order valence-electron chi connectivity index (χ4n) is 4.50. The second kappa shape index (κ2) is 11.5. The minimum Gasteiger partial charge on any atom is -0.333 e. The number of hydrogen-bond donors (Lipinski definition) is 1. The maximum Gasteiger partial charge on any atom is 0.326 e. The van der Waals surface area contributed by atoms with Crippen LogP contribution >= 0.6 is 24.0 Å². The minimum absolute atomic E-state index is 0. The quantitative estimate of drug-likeness (QED) is 0.371. The molecular weight excluding hydrogens is 514 g/mol. The summed E-state index contributed by atoms with van der Waals surface area (Å²) in [5, 5.41) is 21.1. The van der Waals surface area contributed by atoms with E-state index in [1.165, 1.54) is 6.07 Å². The van der Waals surface area contributed by atoms with Crippen molar-refractivity contribution in [3.05, 3.63) is 99.7 Å². The Morgan fingerprint density at radius 2 is 2.08 bits per heavy atom. The highest BCUT2D eigenvalue weighted by Crippen LogP contribution is 2.31. The molecule has 0 aliphatic carbocycles. The lowest BCUT2D eigenvalue weighted by Crippen LogP contribution is -2.34. The zero-order valence-corrected chi connectivity index (χ0v) is 21.3. The van der Waals surface area contributed by atoms with E-state index in [0.717, 1.165) is 39.8 Å². The predicted molar refractivity (Wildman–Crippen MR) is 143 cm³/mol. The van der Waals surface area contributed by atoms with Crippen molar-refractivity contribution in [2.24, 2.45) is 0 Å². The number of halogens is 3. The Morgan fingerprint density at radius 3 is 2.84 bits per heavy atom. The maximum atomic E-state index is 13.7. The molecule has 1 aliphatic heterocycles. The van der Waals surface area contributed by atoms with E-state index in [2.05, 4.69) is 26.5 Å². The highest BCUT2D eigenvalue weighted by Gasteiger charge is 2.26. The SMILES string of the molecule is Cl.N#Cc1ccc2c3c(n(C(=O)NCc4ccnnc4)c2c1)CCN(C/C=C/c1ccc(Cl)c(F)c1)C3. The fourth-order valence-corrected chi connectivity index (χ4v) is 4.62. The molecule has 10 heteroatoms. The number of benzene rings is 2. The molecule has 7 nitrogen and oxygen atoms in total. The van der Waals surface area contributed by atoms with Crippen molar-refractivity contribution < 1.29 is 9.18 Å².